The third-order valence-electron chi connectivity index (χ3n) is 2.41. The number of rotatable bonds is 7. The van der Waals surface area contributed by atoms with Gasteiger partial charge in [0, 0.05) is 6.04 Å². The summed E-state index contributed by atoms with van der Waals surface area (Å²) in [6.45, 7) is 6.23. The van der Waals surface area contributed by atoms with Crippen LogP contribution in [0.25, 0.3) is 0 Å². The minimum absolute atomic E-state index is 0.0163. The molecule has 0 aliphatic rings. The van der Waals surface area contributed by atoms with Crippen LogP contribution in [-0.2, 0) is 0 Å². The average molecular weight is 254 g/mol. The van der Waals surface area contributed by atoms with E-state index in [2.05, 4.69) is 15.3 Å². The Bertz CT molecular complexity index is 411. The molecule has 1 atom stereocenters. The Hall–Kier alpha value is -1.92. The maximum Gasteiger partial charge on any atom is 0.372 e. The van der Waals surface area contributed by atoms with Crippen molar-refractivity contribution in [3.05, 3.63) is 16.4 Å². The van der Waals surface area contributed by atoms with Gasteiger partial charge in [0.1, 0.15) is 6.33 Å². The van der Waals surface area contributed by atoms with Gasteiger partial charge in [0.25, 0.3) is 5.88 Å². The lowest BCUT2D eigenvalue weighted by Gasteiger charge is -2.13. The molecular weight excluding hydrogens is 236 g/mol. The number of nitrogens with one attached hydrogen (secondary N) is 1. The average Bonchev–Trinajstić information content (AvgIpc) is 2.35. The van der Waals surface area contributed by atoms with Crippen LogP contribution in [0.4, 0.5) is 11.5 Å². The Morgan fingerprint density at radius 1 is 1.50 bits per heavy atom. The molecule has 1 unspecified atom stereocenters. The Morgan fingerprint density at radius 3 is 2.78 bits per heavy atom. The molecule has 0 saturated heterocycles. The van der Waals surface area contributed by atoms with Gasteiger partial charge in [-0.2, -0.15) is 4.98 Å². The van der Waals surface area contributed by atoms with Crippen molar-refractivity contribution in [1.29, 1.82) is 0 Å². The highest BCUT2D eigenvalue weighted by Gasteiger charge is 2.24. The van der Waals surface area contributed by atoms with E-state index in [0.29, 0.717) is 6.61 Å². The Morgan fingerprint density at radius 2 is 2.22 bits per heavy atom. The molecule has 0 aliphatic carbocycles. The highest BCUT2D eigenvalue weighted by Crippen LogP contribution is 2.31. The third kappa shape index (κ3) is 3.54. The molecule has 7 nitrogen and oxygen atoms in total. The van der Waals surface area contributed by atoms with Crippen LogP contribution in [0.5, 0.6) is 5.88 Å². The van der Waals surface area contributed by atoms with Crippen molar-refractivity contribution in [2.75, 3.05) is 11.9 Å². The molecule has 1 N–H and O–H groups in total. The molecule has 0 radical (unpaired) electrons. The van der Waals surface area contributed by atoms with Gasteiger partial charge in [-0.3, -0.25) is 10.1 Å². The fourth-order valence-corrected chi connectivity index (χ4v) is 1.27. The Balaban J connectivity index is 3.05. The van der Waals surface area contributed by atoms with E-state index >= 15 is 0 Å². The zero-order valence-electron chi connectivity index (χ0n) is 10.8. The Kier molecular flexibility index (Phi) is 5.29. The molecule has 0 amide bonds. The quantitative estimate of drug-likeness (QED) is 0.593. The largest absolute Gasteiger partial charge is 0.473 e. The first-order valence-electron chi connectivity index (χ1n) is 5.98. The number of anilines is 1. The second-order valence-corrected chi connectivity index (χ2v) is 3.94. The highest BCUT2D eigenvalue weighted by molar-refractivity contribution is 5.61. The van der Waals surface area contributed by atoms with E-state index in [9.17, 15) is 10.1 Å². The number of aromatic nitrogens is 2. The van der Waals surface area contributed by atoms with Gasteiger partial charge in [-0.25, -0.2) is 4.98 Å². The zero-order valence-corrected chi connectivity index (χ0v) is 10.8. The molecule has 0 aromatic carbocycles. The normalized spacial score (nSPS) is 11.9. The summed E-state index contributed by atoms with van der Waals surface area (Å²) in [6.07, 6.45) is 2.87. The van der Waals surface area contributed by atoms with Crippen LogP contribution in [0.15, 0.2) is 6.33 Å². The van der Waals surface area contributed by atoms with Gasteiger partial charge in [-0.15, -0.1) is 0 Å². The van der Waals surface area contributed by atoms with E-state index in [1.54, 1.807) is 0 Å². The van der Waals surface area contributed by atoms with Gasteiger partial charge in [0.2, 0.25) is 5.82 Å². The molecular formula is C11H18N4O3. The SMILES string of the molecule is CCCOc1ncnc(NC(C)CC)c1[N+](=O)[O-]. The maximum atomic E-state index is 11.1. The lowest BCUT2D eigenvalue weighted by atomic mass is 10.2. The lowest BCUT2D eigenvalue weighted by Crippen LogP contribution is -2.16. The Labute approximate surface area is 106 Å². The number of nitro groups is 1. The van der Waals surface area contributed by atoms with Crippen LogP contribution >= 0.6 is 0 Å². The summed E-state index contributed by atoms with van der Waals surface area (Å²) in [5, 5.41) is 14.1. The third-order valence-corrected chi connectivity index (χ3v) is 2.41. The first-order valence-corrected chi connectivity index (χ1v) is 5.98. The molecule has 7 heteroatoms. The highest BCUT2D eigenvalue weighted by atomic mass is 16.6. The first kappa shape index (κ1) is 14.1. The second-order valence-electron chi connectivity index (χ2n) is 3.94. The molecule has 18 heavy (non-hydrogen) atoms. The molecule has 0 bridgehead atoms. The van der Waals surface area contributed by atoms with Crippen molar-refractivity contribution >= 4 is 11.5 Å². The van der Waals surface area contributed by atoms with Crippen LogP contribution < -0.4 is 10.1 Å². The van der Waals surface area contributed by atoms with Gasteiger partial charge < -0.3 is 10.1 Å². The minimum atomic E-state index is -0.518. The summed E-state index contributed by atoms with van der Waals surface area (Å²) in [5.41, 5.74) is -0.203. The first-order chi connectivity index (χ1) is 8.60. The number of nitrogens with zero attached hydrogens (tertiary/aromatic N) is 3. The molecule has 1 aromatic heterocycles. The summed E-state index contributed by atoms with van der Waals surface area (Å²) in [5.74, 6) is 0.220. The van der Waals surface area contributed by atoms with E-state index in [4.69, 9.17) is 4.74 Å². The predicted molar refractivity (Wildman–Crippen MR) is 67.8 cm³/mol. The fourth-order valence-electron chi connectivity index (χ4n) is 1.27. The summed E-state index contributed by atoms with van der Waals surface area (Å²) in [4.78, 5) is 18.3. The summed E-state index contributed by atoms with van der Waals surface area (Å²) in [7, 11) is 0. The summed E-state index contributed by atoms with van der Waals surface area (Å²) in [6, 6.07) is 0.0950. The molecule has 100 valence electrons. The van der Waals surface area contributed by atoms with Crippen LogP contribution in [0.3, 0.4) is 0 Å². The van der Waals surface area contributed by atoms with E-state index in [-0.39, 0.29) is 23.4 Å². The fraction of sp³-hybridized carbons (Fsp3) is 0.636. The number of ether oxygens (including phenoxy) is 1. The topological polar surface area (TPSA) is 90.2 Å². The molecule has 1 aromatic rings. The smallest absolute Gasteiger partial charge is 0.372 e. The molecule has 0 fully saturated rings. The standard InChI is InChI=1S/C11H18N4O3/c1-4-6-18-11-9(15(16)17)10(12-7-13-11)14-8(3)5-2/h7-8H,4-6H2,1-3H3,(H,12,13,14). The molecule has 1 heterocycles. The van der Waals surface area contributed by atoms with E-state index in [0.717, 1.165) is 12.8 Å². The van der Waals surface area contributed by atoms with E-state index in [1.165, 1.54) is 6.33 Å². The van der Waals surface area contributed by atoms with Crippen LogP contribution in [-0.4, -0.2) is 27.5 Å². The van der Waals surface area contributed by atoms with Crippen LogP contribution in [0.2, 0.25) is 0 Å². The second kappa shape index (κ2) is 6.73. The van der Waals surface area contributed by atoms with Gasteiger partial charge in [0.05, 0.1) is 11.5 Å². The number of hydrogen-bond acceptors (Lipinski definition) is 6. The summed E-state index contributed by atoms with van der Waals surface area (Å²) >= 11 is 0. The van der Waals surface area contributed by atoms with Gasteiger partial charge >= 0.3 is 5.69 Å². The van der Waals surface area contributed by atoms with E-state index < -0.39 is 4.92 Å². The minimum Gasteiger partial charge on any atom is -0.473 e. The summed E-state index contributed by atoms with van der Waals surface area (Å²) < 4.78 is 5.27. The van der Waals surface area contributed by atoms with Gasteiger partial charge in [-0.05, 0) is 19.8 Å². The van der Waals surface area contributed by atoms with Crippen LogP contribution in [0, 0.1) is 10.1 Å². The van der Waals surface area contributed by atoms with Crippen molar-refractivity contribution < 1.29 is 9.66 Å². The predicted octanol–water partition coefficient (Wildman–Crippen LogP) is 2.38. The molecule has 1 rings (SSSR count). The lowest BCUT2D eigenvalue weighted by molar-refractivity contribution is -0.385. The van der Waals surface area contributed by atoms with Crippen molar-refractivity contribution in [3.8, 4) is 5.88 Å². The van der Waals surface area contributed by atoms with Crippen molar-refractivity contribution in [3.63, 3.8) is 0 Å². The zero-order chi connectivity index (χ0) is 13.5. The monoisotopic (exact) mass is 254 g/mol. The van der Waals surface area contributed by atoms with Crippen molar-refractivity contribution in [1.82, 2.24) is 9.97 Å². The number of hydrogen-bond donors (Lipinski definition) is 1. The van der Waals surface area contributed by atoms with E-state index in [1.807, 2.05) is 20.8 Å². The molecule has 0 spiro atoms. The molecule has 0 aliphatic heterocycles. The van der Waals surface area contributed by atoms with Crippen molar-refractivity contribution in [2.24, 2.45) is 0 Å². The van der Waals surface area contributed by atoms with Gasteiger partial charge in [0.15, 0.2) is 0 Å². The molecule has 0 saturated carbocycles. The van der Waals surface area contributed by atoms with Crippen LogP contribution in [0.1, 0.15) is 33.6 Å². The maximum absolute atomic E-state index is 11.1. The van der Waals surface area contributed by atoms with Gasteiger partial charge in [-0.1, -0.05) is 13.8 Å². The van der Waals surface area contributed by atoms with Crippen molar-refractivity contribution in [2.45, 2.75) is 39.7 Å².